The molecule has 1 N–H and O–H groups in total. The van der Waals surface area contributed by atoms with E-state index in [2.05, 4.69) is 72.9 Å². The fraction of sp³-hybridized carbons (Fsp3) is 0.429. The van der Waals surface area contributed by atoms with Crippen LogP contribution in [-0.2, 0) is 0 Å². The third-order valence-corrected chi connectivity index (χ3v) is 5.86. The average molecular weight is 291 g/mol. The van der Waals surface area contributed by atoms with E-state index in [1.165, 1.54) is 36.8 Å². The lowest BCUT2D eigenvalue weighted by molar-refractivity contribution is 0.0267. The van der Waals surface area contributed by atoms with Gasteiger partial charge in [0.25, 0.3) is 0 Å². The number of nitrogens with one attached hydrogen (secondary N) is 1. The van der Waals surface area contributed by atoms with Gasteiger partial charge < -0.3 is 5.32 Å². The van der Waals surface area contributed by atoms with Crippen molar-refractivity contribution in [1.82, 2.24) is 5.32 Å². The minimum absolute atomic E-state index is 0.398. The van der Waals surface area contributed by atoms with Gasteiger partial charge in [0.15, 0.2) is 0 Å². The topological polar surface area (TPSA) is 12.0 Å². The van der Waals surface area contributed by atoms with Gasteiger partial charge in [-0.15, -0.1) is 0 Å². The van der Waals surface area contributed by atoms with E-state index < -0.39 is 0 Å². The molecule has 2 aliphatic rings. The van der Waals surface area contributed by atoms with Crippen molar-refractivity contribution in [2.24, 2.45) is 11.3 Å². The molecule has 1 aliphatic carbocycles. The molecule has 4 atom stereocenters. The smallest absolute Gasteiger partial charge is 0.0379 e. The van der Waals surface area contributed by atoms with Crippen molar-refractivity contribution in [3.05, 3.63) is 71.8 Å². The van der Waals surface area contributed by atoms with Crippen molar-refractivity contribution < 1.29 is 0 Å². The summed E-state index contributed by atoms with van der Waals surface area (Å²) < 4.78 is 0. The molecule has 1 aliphatic heterocycles. The molecular weight excluding hydrogens is 266 g/mol. The number of piperidine rings is 1. The minimum atomic E-state index is 0.398. The first-order chi connectivity index (χ1) is 10.8. The summed E-state index contributed by atoms with van der Waals surface area (Å²) in [7, 11) is 0. The van der Waals surface area contributed by atoms with Crippen LogP contribution in [0.15, 0.2) is 60.7 Å². The van der Waals surface area contributed by atoms with E-state index in [9.17, 15) is 0 Å². The minimum Gasteiger partial charge on any atom is -0.302 e. The zero-order valence-electron chi connectivity index (χ0n) is 13.3. The van der Waals surface area contributed by atoms with Crippen LogP contribution < -0.4 is 5.32 Å². The lowest BCUT2D eigenvalue weighted by Gasteiger charge is -2.53. The molecule has 0 radical (unpaired) electrons. The summed E-state index contributed by atoms with van der Waals surface area (Å²) in [6.07, 6.45) is 5.43. The molecule has 2 aromatic carbocycles. The molecule has 1 heterocycles. The maximum absolute atomic E-state index is 4.03. The summed E-state index contributed by atoms with van der Waals surface area (Å²) >= 11 is 0. The van der Waals surface area contributed by atoms with E-state index in [0.29, 0.717) is 17.5 Å². The Hall–Kier alpha value is -1.60. The zero-order valence-corrected chi connectivity index (χ0v) is 13.3. The number of benzene rings is 2. The van der Waals surface area contributed by atoms with E-state index >= 15 is 0 Å². The van der Waals surface area contributed by atoms with Gasteiger partial charge in [0.2, 0.25) is 0 Å². The molecule has 0 aromatic heterocycles. The van der Waals surface area contributed by atoms with Gasteiger partial charge in [0, 0.05) is 12.1 Å². The summed E-state index contributed by atoms with van der Waals surface area (Å²) in [5.74, 6) is 0.779. The number of hydrogen-bond acceptors (Lipinski definition) is 1. The van der Waals surface area contributed by atoms with E-state index in [-0.39, 0.29) is 0 Å². The number of fused-ring (bicyclic) bond motifs is 2. The molecule has 1 heteroatoms. The van der Waals surface area contributed by atoms with E-state index in [4.69, 9.17) is 0 Å². The monoisotopic (exact) mass is 291 g/mol. The van der Waals surface area contributed by atoms with Gasteiger partial charge in [-0.3, -0.25) is 0 Å². The maximum Gasteiger partial charge on any atom is 0.0379 e. The van der Waals surface area contributed by atoms with Crippen LogP contribution in [0.3, 0.4) is 0 Å². The van der Waals surface area contributed by atoms with E-state index in [1.54, 1.807) is 0 Å². The maximum atomic E-state index is 4.03. The van der Waals surface area contributed by atoms with Crippen LogP contribution in [0.4, 0.5) is 0 Å². The van der Waals surface area contributed by atoms with Crippen LogP contribution in [0.5, 0.6) is 0 Å². The van der Waals surface area contributed by atoms with Crippen molar-refractivity contribution in [1.29, 1.82) is 0 Å². The molecule has 2 aromatic rings. The quantitative estimate of drug-likeness (QED) is 0.795. The predicted molar refractivity (Wildman–Crippen MR) is 91.6 cm³/mol. The molecule has 1 nitrogen and oxygen atoms in total. The Morgan fingerprint density at radius 1 is 0.909 bits per heavy atom. The van der Waals surface area contributed by atoms with E-state index in [1.807, 2.05) is 0 Å². The van der Waals surface area contributed by atoms with Gasteiger partial charge in [-0.05, 0) is 41.7 Å². The lowest BCUT2D eigenvalue weighted by atomic mass is 9.60. The van der Waals surface area contributed by atoms with Gasteiger partial charge in [0.05, 0.1) is 0 Å². The molecule has 22 heavy (non-hydrogen) atoms. The highest BCUT2D eigenvalue weighted by Crippen LogP contribution is 2.55. The van der Waals surface area contributed by atoms with Crippen LogP contribution in [0.2, 0.25) is 0 Å². The Morgan fingerprint density at radius 3 is 2.23 bits per heavy atom. The molecule has 0 amide bonds. The van der Waals surface area contributed by atoms with Gasteiger partial charge in [-0.25, -0.2) is 0 Å². The molecule has 1 saturated carbocycles. The second kappa shape index (κ2) is 5.55. The molecule has 4 rings (SSSR count). The van der Waals surface area contributed by atoms with Crippen LogP contribution in [0.25, 0.3) is 0 Å². The second-order valence-electron chi connectivity index (χ2n) is 7.41. The van der Waals surface area contributed by atoms with Gasteiger partial charge >= 0.3 is 0 Å². The van der Waals surface area contributed by atoms with Crippen LogP contribution in [-0.4, -0.2) is 0 Å². The zero-order chi connectivity index (χ0) is 15.0. The molecule has 2 fully saturated rings. The summed E-state index contributed by atoms with van der Waals surface area (Å²) in [6.45, 7) is 2.49. The SMILES string of the molecule is C[C@]12CCC[C@H](C1)C(c1ccccc1)NC2c1ccccc1. The fourth-order valence-electron chi connectivity index (χ4n) is 4.81. The standard InChI is InChI=1S/C21H25N/c1-21-14-8-13-18(15-21)19(16-9-4-2-5-10-16)22-20(21)17-11-6-3-7-12-17/h2-7,9-12,18-20,22H,8,13-15H2,1H3/t18-,19?,20?,21+/m1/s1. The normalized spacial score (nSPS) is 34.3. The summed E-state index contributed by atoms with van der Waals surface area (Å²) in [5, 5.41) is 4.03. The molecule has 2 unspecified atom stereocenters. The lowest BCUT2D eigenvalue weighted by Crippen LogP contribution is -2.49. The van der Waals surface area contributed by atoms with Crippen LogP contribution in [0, 0.1) is 11.3 Å². The Bertz CT molecular complexity index is 621. The summed E-state index contributed by atoms with van der Waals surface area (Å²) in [5.41, 5.74) is 3.30. The second-order valence-corrected chi connectivity index (χ2v) is 7.41. The third kappa shape index (κ3) is 2.38. The van der Waals surface area contributed by atoms with Gasteiger partial charge in [0.1, 0.15) is 0 Å². The van der Waals surface area contributed by atoms with Gasteiger partial charge in [-0.1, -0.05) is 74.0 Å². The largest absolute Gasteiger partial charge is 0.302 e. The third-order valence-electron chi connectivity index (χ3n) is 5.86. The predicted octanol–water partition coefficient (Wildman–Crippen LogP) is 5.27. The van der Waals surface area contributed by atoms with Crippen molar-refractivity contribution in [2.45, 2.75) is 44.7 Å². The Balaban J connectivity index is 1.71. The Morgan fingerprint density at radius 2 is 1.55 bits per heavy atom. The summed E-state index contributed by atoms with van der Waals surface area (Å²) in [6, 6.07) is 23.1. The van der Waals surface area contributed by atoms with Crippen molar-refractivity contribution in [3.8, 4) is 0 Å². The Labute approximate surface area is 133 Å². The molecule has 114 valence electrons. The van der Waals surface area contributed by atoms with E-state index in [0.717, 1.165) is 5.92 Å². The van der Waals surface area contributed by atoms with Gasteiger partial charge in [-0.2, -0.15) is 0 Å². The molecule has 0 spiro atoms. The van der Waals surface area contributed by atoms with Crippen LogP contribution in [0.1, 0.15) is 55.8 Å². The van der Waals surface area contributed by atoms with Crippen LogP contribution >= 0.6 is 0 Å². The first-order valence-electron chi connectivity index (χ1n) is 8.62. The molecular formula is C21H25N. The van der Waals surface area contributed by atoms with Crippen molar-refractivity contribution >= 4 is 0 Å². The average Bonchev–Trinajstić information content (AvgIpc) is 2.56. The fourth-order valence-corrected chi connectivity index (χ4v) is 4.81. The highest BCUT2D eigenvalue weighted by molar-refractivity contribution is 5.27. The summed E-state index contributed by atoms with van der Waals surface area (Å²) in [4.78, 5) is 0. The first kappa shape index (κ1) is 14.0. The molecule has 2 bridgehead atoms. The van der Waals surface area contributed by atoms with Crippen molar-refractivity contribution in [2.75, 3.05) is 0 Å². The number of rotatable bonds is 2. The number of hydrogen-bond donors (Lipinski definition) is 1. The highest BCUT2D eigenvalue weighted by atomic mass is 15.0. The highest BCUT2D eigenvalue weighted by Gasteiger charge is 2.47. The molecule has 1 saturated heterocycles. The van der Waals surface area contributed by atoms with Crippen molar-refractivity contribution in [3.63, 3.8) is 0 Å². The first-order valence-corrected chi connectivity index (χ1v) is 8.62. The Kier molecular flexibility index (Phi) is 3.54.